The fraction of sp³-hybridized carbons (Fsp3) is 0.0833. The molecule has 0 aliphatic carbocycles. The number of ketones is 1. The van der Waals surface area contributed by atoms with Crippen molar-refractivity contribution in [3.05, 3.63) is 45.4 Å². The van der Waals surface area contributed by atoms with Crippen molar-refractivity contribution in [3.8, 4) is 0 Å². The molecule has 0 spiro atoms. The normalized spacial score (nSPS) is 14.2. The number of thiazole rings is 1. The van der Waals surface area contributed by atoms with Crippen LogP contribution in [0.4, 0.5) is 5.69 Å². The molecule has 0 unspecified atom stereocenters. The first-order chi connectivity index (χ1) is 8.66. The van der Waals surface area contributed by atoms with Gasteiger partial charge in [0, 0.05) is 10.4 Å². The standard InChI is InChI=1S/C12H7ClN2O2S/c13-7-1-2-9-10(3-7)15(12(17)11(9)16)4-8-5-18-6-14-8/h1-3,5-6H,4H2. The van der Waals surface area contributed by atoms with Crippen molar-refractivity contribution in [3.63, 3.8) is 0 Å². The second-order valence-electron chi connectivity index (χ2n) is 3.86. The number of carbonyl (C=O) groups excluding carboxylic acids is 2. The Hall–Kier alpha value is -1.72. The SMILES string of the molecule is O=C1C(=O)N(Cc2cscn2)c2cc(Cl)ccc21. The molecule has 3 rings (SSSR count). The van der Waals surface area contributed by atoms with Crippen molar-refractivity contribution in [1.29, 1.82) is 0 Å². The second-order valence-corrected chi connectivity index (χ2v) is 5.02. The van der Waals surface area contributed by atoms with Crippen LogP contribution < -0.4 is 4.90 Å². The highest BCUT2D eigenvalue weighted by Crippen LogP contribution is 2.32. The number of benzene rings is 1. The minimum Gasteiger partial charge on any atom is -0.299 e. The zero-order chi connectivity index (χ0) is 12.7. The van der Waals surface area contributed by atoms with Crippen LogP contribution in [0.2, 0.25) is 5.02 Å². The van der Waals surface area contributed by atoms with E-state index in [2.05, 4.69) is 4.98 Å². The highest BCUT2D eigenvalue weighted by molar-refractivity contribution is 7.07. The highest BCUT2D eigenvalue weighted by Gasteiger charge is 2.36. The molecule has 1 aromatic heterocycles. The van der Waals surface area contributed by atoms with Gasteiger partial charge in [-0.2, -0.15) is 0 Å². The molecule has 1 amide bonds. The summed E-state index contributed by atoms with van der Waals surface area (Å²) in [7, 11) is 0. The summed E-state index contributed by atoms with van der Waals surface area (Å²) < 4.78 is 0. The molecule has 1 aromatic carbocycles. The van der Waals surface area contributed by atoms with Gasteiger partial charge in [0.05, 0.1) is 29.0 Å². The van der Waals surface area contributed by atoms with E-state index in [4.69, 9.17) is 11.6 Å². The molecular weight excluding hydrogens is 272 g/mol. The zero-order valence-corrected chi connectivity index (χ0v) is 10.7. The third kappa shape index (κ3) is 1.72. The van der Waals surface area contributed by atoms with Crippen molar-refractivity contribution >= 4 is 40.3 Å². The van der Waals surface area contributed by atoms with Gasteiger partial charge in [-0.25, -0.2) is 4.98 Å². The number of anilines is 1. The van der Waals surface area contributed by atoms with E-state index in [0.717, 1.165) is 5.69 Å². The molecule has 0 saturated heterocycles. The Bertz CT molecular complexity index is 640. The summed E-state index contributed by atoms with van der Waals surface area (Å²) in [5.41, 5.74) is 3.41. The number of Topliss-reactive ketones (excluding diaryl/α,β-unsaturated/α-hetero) is 1. The number of aromatic nitrogens is 1. The largest absolute Gasteiger partial charge is 0.299 e. The number of halogens is 1. The molecule has 0 fully saturated rings. The lowest BCUT2D eigenvalue weighted by Crippen LogP contribution is -2.29. The molecule has 0 saturated carbocycles. The van der Waals surface area contributed by atoms with Crippen molar-refractivity contribution in [2.45, 2.75) is 6.54 Å². The Morgan fingerprint density at radius 3 is 2.89 bits per heavy atom. The van der Waals surface area contributed by atoms with Crippen molar-refractivity contribution in [2.75, 3.05) is 4.90 Å². The van der Waals surface area contributed by atoms with Crippen LogP contribution in [0.5, 0.6) is 0 Å². The number of hydrogen-bond acceptors (Lipinski definition) is 4. The molecule has 1 aliphatic heterocycles. The lowest BCUT2D eigenvalue weighted by Gasteiger charge is -2.14. The van der Waals surface area contributed by atoms with E-state index in [9.17, 15) is 9.59 Å². The number of hydrogen-bond donors (Lipinski definition) is 0. The van der Waals surface area contributed by atoms with Crippen molar-refractivity contribution in [1.82, 2.24) is 4.98 Å². The van der Waals surface area contributed by atoms with E-state index >= 15 is 0 Å². The van der Waals surface area contributed by atoms with Crippen LogP contribution in [0, 0.1) is 0 Å². The number of fused-ring (bicyclic) bond motifs is 1. The van der Waals surface area contributed by atoms with E-state index < -0.39 is 11.7 Å². The summed E-state index contributed by atoms with van der Waals surface area (Å²) in [5, 5.41) is 2.35. The van der Waals surface area contributed by atoms with Gasteiger partial charge in [-0.05, 0) is 18.2 Å². The lowest BCUT2D eigenvalue weighted by molar-refractivity contribution is -0.114. The van der Waals surface area contributed by atoms with Gasteiger partial charge in [-0.3, -0.25) is 14.5 Å². The first-order valence-electron chi connectivity index (χ1n) is 5.19. The zero-order valence-electron chi connectivity index (χ0n) is 9.09. The highest BCUT2D eigenvalue weighted by atomic mass is 35.5. The topological polar surface area (TPSA) is 50.3 Å². The smallest absolute Gasteiger partial charge is 0.299 e. The fourth-order valence-corrected chi connectivity index (χ4v) is 2.62. The molecule has 0 bridgehead atoms. The van der Waals surface area contributed by atoms with E-state index in [1.165, 1.54) is 16.2 Å². The van der Waals surface area contributed by atoms with Gasteiger partial charge in [0.15, 0.2) is 0 Å². The summed E-state index contributed by atoms with van der Waals surface area (Å²) in [6, 6.07) is 4.82. The second kappa shape index (κ2) is 4.19. The van der Waals surface area contributed by atoms with Gasteiger partial charge in [0.1, 0.15) is 0 Å². The predicted octanol–water partition coefficient (Wildman–Crippen LogP) is 2.53. The fourth-order valence-electron chi connectivity index (χ4n) is 1.90. The summed E-state index contributed by atoms with van der Waals surface area (Å²) >= 11 is 7.35. The van der Waals surface area contributed by atoms with E-state index in [-0.39, 0.29) is 0 Å². The number of rotatable bonds is 2. The van der Waals surface area contributed by atoms with E-state index in [1.54, 1.807) is 23.7 Å². The summed E-state index contributed by atoms with van der Waals surface area (Å²) in [4.78, 5) is 29.2. The molecular formula is C12H7ClN2O2S. The molecule has 90 valence electrons. The monoisotopic (exact) mass is 278 g/mol. The van der Waals surface area contributed by atoms with Gasteiger partial charge < -0.3 is 0 Å². The molecule has 0 N–H and O–H groups in total. The van der Waals surface area contributed by atoms with Gasteiger partial charge in [-0.15, -0.1) is 11.3 Å². The van der Waals surface area contributed by atoms with Gasteiger partial charge in [0.25, 0.3) is 11.7 Å². The third-order valence-corrected chi connectivity index (χ3v) is 3.61. The molecule has 2 aromatic rings. The molecule has 4 nitrogen and oxygen atoms in total. The van der Waals surface area contributed by atoms with Gasteiger partial charge in [-0.1, -0.05) is 11.6 Å². The molecule has 6 heteroatoms. The maximum Gasteiger partial charge on any atom is 0.299 e. The first-order valence-corrected chi connectivity index (χ1v) is 6.51. The number of carbonyl (C=O) groups is 2. The average molecular weight is 279 g/mol. The minimum atomic E-state index is -0.528. The Balaban J connectivity index is 2.03. The van der Waals surface area contributed by atoms with Gasteiger partial charge >= 0.3 is 0 Å². The molecule has 0 atom stereocenters. The average Bonchev–Trinajstić information content (AvgIpc) is 2.93. The first kappa shape index (κ1) is 11.4. The van der Waals surface area contributed by atoms with E-state index in [1.807, 2.05) is 5.38 Å². The quantitative estimate of drug-likeness (QED) is 0.793. The van der Waals surface area contributed by atoms with Crippen LogP contribution in [-0.4, -0.2) is 16.7 Å². The Kier molecular flexibility index (Phi) is 2.65. The molecule has 18 heavy (non-hydrogen) atoms. The predicted molar refractivity (Wildman–Crippen MR) is 69.1 cm³/mol. The third-order valence-electron chi connectivity index (χ3n) is 2.74. The molecule has 1 aliphatic rings. The van der Waals surface area contributed by atoms with E-state index in [0.29, 0.717) is 22.8 Å². The number of amides is 1. The Morgan fingerprint density at radius 1 is 1.33 bits per heavy atom. The van der Waals surface area contributed by atoms with Crippen molar-refractivity contribution < 1.29 is 9.59 Å². The van der Waals surface area contributed by atoms with Crippen LogP contribution in [0.3, 0.4) is 0 Å². The Morgan fingerprint density at radius 2 is 2.17 bits per heavy atom. The van der Waals surface area contributed by atoms with Crippen LogP contribution in [-0.2, 0) is 11.3 Å². The summed E-state index contributed by atoms with van der Waals surface area (Å²) in [5.74, 6) is -1.02. The van der Waals surface area contributed by atoms with Gasteiger partial charge in [0.2, 0.25) is 0 Å². The molecule has 0 radical (unpaired) electrons. The maximum atomic E-state index is 11.9. The van der Waals surface area contributed by atoms with Crippen LogP contribution in [0.1, 0.15) is 16.1 Å². The lowest BCUT2D eigenvalue weighted by atomic mass is 10.1. The van der Waals surface area contributed by atoms with Crippen LogP contribution in [0.15, 0.2) is 29.1 Å². The number of nitrogens with zero attached hydrogens (tertiary/aromatic N) is 2. The molecule has 2 heterocycles. The minimum absolute atomic E-state index is 0.293. The summed E-state index contributed by atoms with van der Waals surface area (Å²) in [6.07, 6.45) is 0. The maximum absolute atomic E-state index is 11.9. The van der Waals surface area contributed by atoms with Crippen LogP contribution >= 0.6 is 22.9 Å². The van der Waals surface area contributed by atoms with Crippen LogP contribution in [0.25, 0.3) is 0 Å². The Labute approximate surface area is 112 Å². The van der Waals surface area contributed by atoms with Crippen molar-refractivity contribution in [2.24, 2.45) is 0 Å². The summed E-state index contributed by atoms with van der Waals surface area (Å²) in [6.45, 7) is 0.293.